The summed E-state index contributed by atoms with van der Waals surface area (Å²) in [7, 11) is 0. The molecule has 6 nitrogen and oxygen atoms in total. The topological polar surface area (TPSA) is 74.4 Å². The van der Waals surface area contributed by atoms with Crippen molar-refractivity contribution in [1.82, 2.24) is 15.2 Å². The van der Waals surface area contributed by atoms with Crippen LogP contribution in [-0.2, 0) is 9.53 Å². The molecule has 0 unspecified atom stereocenters. The summed E-state index contributed by atoms with van der Waals surface area (Å²) in [4.78, 5) is 29.9. The molecule has 0 radical (unpaired) electrons. The molecular weight excluding hydrogens is 378 g/mol. The predicted octanol–water partition coefficient (Wildman–Crippen LogP) is 3.61. The Labute approximate surface area is 170 Å². The maximum Gasteiger partial charge on any atom is 0.270 e. The van der Waals surface area contributed by atoms with Crippen LogP contribution in [0.15, 0.2) is 24.3 Å². The fourth-order valence-corrected chi connectivity index (χ4v) is 3.79. The molecule has 2 amide bonds. The highest BCUT2D eigenvalue weighted by atomic mass is 35.5. The second-order valence-corrected chi connectivity index (χ2v) is 7.69. The lowest BCUT2D eigenvalue weighted by Crippen LogP contribution is -2.40. The zero-order chi connectivity index (χ0) is 19.9. The van der Waals surface area contributed by atoms with E-state index < -0.39 is 0 Å². The highest BCUT2D eigenvalue weighted by Crippen LogP contribution is 2.24. The van der Waals surface area contributed by atoms with Gasteiger partial charge in [-0.1, -0.05) is 11.6 Å². The number of carbonyl (C=O) groups is 2. The third-order valence-corrected chi connectivity index (χ3v) is 5.42. The van der Waals surface area contributed by atoms with Gasteiger partial charge in [0, 0.05) is 55.2 Å². The number of carbonyl (C=O) groups excluding carboxylic acids is 2. The van der Waals surface area contributed by atoms with Crippen LogP contribution >= 0.6 is 11.6 Å². The molecule has 0 saturated carbocycles. The van der Waals surface area contributed by atoms with Gasteiger partial charge in [0.15, 0.2) is 0 Å². The summed E-state index contributed by atoms with van der Waals surface area (Å²) in [6, 6.07) is 7.39. The van der Waals surface area contributed by atoms with E-state index in [2.05, 4.69) is 10.3 Å². The van der Waals surface area contributed by atoms with Crippen LogP contribution in [0.5, 0.6) is 0 Å². The van der Waals surface area contributed by atoms with Gasteiger partial charge in [-0.15, -0.1) is 0 Å². The van der Waals surface area contributed by atoms with Crippen LogP contribution in [0.4, 0.5) is 0 Å². The van der Waals surface area contributed by atoms with E-state index in [1.165, 1.54) is 0 Å². The van der Waals surface area contributed by atoms with Crippen LogP contribution in [0.1, 0.15) is 43.1 Å². The summed E-state index contributed by atoms with van der Waals surface area (Å²) >= 11 is 6.02. The van der Waals surface area contributed by atoms with Crippen LogP contribution in [0.2, 0.25) is 5.02 Å². The van der Waals surface area contributed by atoms with E-state index in [1.807, 2.05) is 36.1 Å². The lowest BCUT2D eigenvalue weighted by molar-refractivity contribution is -0.122. The fourth-order valence-electron chi connectivity index (χ4n) is 3.61. The van der Waals surface area contributed by atoms with Crippen LogP contribution < -0.4 is 5.32 Å². The fraction of sp³-hybridized carbons (Fsp3) is 0.524. The minimum absolute atomic E-state index is 0.00569. The smallest absolute Gasteiger partial charge is 0.270 e. The van der Waals surface area contributed by atoms with E-state index >= 15 is 0 Å². The number of fused-ring (bicyclic) bond motifs is 1. The number of benzene rings is 1. The Bertz CT molecular complexity index is 812. The number of H-pyrrole nitrogens is 1. The lowest BCUT2D eigenvalue weighted by atomic mass is 9.93. The molecule has 1 saturated heterocycles. The average Bonchev–Trinajstić information content (AvgIpc) is 3.11. The van der Waals surface area contributed by atoms with E-state index in [1.54, 1.807) is 0 Å². The molecule has 1 aromatic carbocycles. The van der Waals surface area contributed by atoms with Gasteiger partial charge in [0.25, 0.3) is 5.91 Å². The first-order valence-corrected chi connectivity index (χ1v) is 10.4. The standard InChI is InChI=1S/C21H28ClN3O3/c1-2-28-11-3-8-23-20(26)12-15-6-9-25(10-7-15)21(27)19-14-16-13-17(22)4-5-18(16)24-19/h4-5,13-15,24H,2-3,6-12H2,1H3,(H,23,26). The summed E-state index contributed by atoms with van der Waals surface area (Å²) < 4.78 is 5.26. The minimum Gasteiger partial charge on any atom is -0.382 e. The SMILES string of the molecule is CCOCCCNC(=O)CC1CCN(C(=O)c2cc3cc(Cl)ccc3[nH]2)CC1. The van der Waals surface area contributed by atoms with Crippen molar-refractivity contribution >= 4 is 34.3 Å². The van der Waals surface area contributed by atoms with Crippen molar-refractivity contribution in [3.05, 3.63) is 35.0 Å². The number of hydrogen-bond donors (Lipinski definition) is 2. The number of hydrogen-bond acceptors (Lipinski definition) is 3. The Balaban J connectivity index is 1.44. The van der Waals surface area contributed by atoms with Crippen molar-refractivity contribution in [3.8, 4) is 0 Å². The number of amides is 2. The quantitative estimate of drug-likeness (QED) is 0.659. The van der Waals surface area contributed by atoms with Gasteiger partial charge in [-0.2, -0.15) is 0 Å². The number of likely N-dealkylation sites (tertiary alicyclic amines) is 1. The first-order valence-electron chi connectivity index (χ1n) is 9.98. The van der Waals surface area contributed by atoms with Crippen LogP contribution in [0, 0.1) is 5.92 Å². The third-order valence-electron chi connectivity index (χ3n) is 5.18. The summed E-state index contributed by atoms with van der Waals surface area (Å²) in [6.07, 6.45) is 3.07. The summed E-state index contributed by atoms with van der Waals surface area (Å²) in [5.41, 5.74) is 1.49. The van der Waals surface area contributed by atoms with Gasteiger partial charge in [0.05, 0.1) is 0 Å². The van der Waals surface area contributed by atoms with E-state index in [9.17, 15) is 9.59 Å². The first kappa shape index (κ1) is 20.7. The van der Waals surface area contributed by atoms with Crippen LogP contribution in [0.3, 0.4) is 0 Å². The van der Waals surface area contributed by atoms with Gasteiger partial charge in [-0.25, -0.2) is 0 Å². The van der Waals surface area contributed by atoms with Gasteiger partial charge < -0.3 is 19.9 Å². The number of aromatic amines is 1. The summed E-state index contributed by atoms with van der Waals surface area (Å²) in [6.45, 7) is 5.35. The molecule has 3 rings (SSSR count). The van der Waals surface area contributed by atoms with Crippen molar-refractivity contribution in [3.63, 3.8) is 0 Å². The van der Waals surface area contributed by atoms with Crippen LogP contribution in [0.25, 0.3) is 10.9 Å². The largest absolute Gasteiger partial charge is 0.382 e. The highest BCUT2D eigenvalue weighted by molar-refractivity contribution is 6.31. The number of nitrogens with one attached hydrogen (secondary N) is 2. The van der Waals surface area contributed by atoms with Crippen LogP contribution in [-0.4, -0.2) is 54.5 Å². The Morgan fingerprint density at radius 3 is 2.82 bits per heavy atom. The molecule has 0 bridgehead atoms. The van der Waals surface area contributed by atoms with Crippen molar-refractivity contribution in [2.24, 2.45) is 5.92 Å². The van der Waals surface area contributed by atoms with Crippen molar-refractivity contribution in [1.29, 1.82) is 0 Å². The van der Waals surface area contributed by atoms with Gasteiger partial charge in [0.2, 0.25) is 5.91 Å². The van der Waals surface area contributed by atoms with Gasteiger partial charge in [0.1, 0.15) is 5.69 Å². The molecule has 152 valence electrons. The maximum atomic E-state index is 12.8. The Morgan fingerprint density at radius 1 is 1.29 bits per heavy atom. The number of nitrogens with zero attached hydrogens (tertiary/aromatic N) is 1. The Hall–Kier alpha value is -2.05. The van der Waals surface area contributed by atoms with Gasteiger partial charge in [-0.05, 0) is 56.4 Å². The molecule has 2 heterocycles. The zero-order valence-electron chi connectivity index (χ0n) is 16.3. The monoisotopic (exact) mass is 405 g/mol. The van der Waals surface area contributed by atoms with Crippen molar-refractivity contribution in [2.75, 3.05) is 32.8 Å². The van der Waals surface area contributed by atoms with E-state index in [0.29, 0.717) is 55.9 Å². The second kappa shape index (κ2) is 9.94. The molecule has 0 aliphatic carbocycles. The molecule has 2 aromatic rings. The average molecular weight is 406 g/mol. The van der Waals surface area contributed by atoms with E-state index in [0.717, 1.165) is 30.2 Å². The second-order valence-electron chi connectivity index (χ2n) is 7.25. The zero-order valence-corrected chi connectivity index (χ0v) is 17.1. The number of rotatable bonds is 8. The normalized spacial score (nSPS) is 15.1. The molecule has 1 aromatic heterocycles. The van der Waals surface area contributed by atoms with Gasteiger partial charge in [-0.3, -0.25) is 9.59 Å². The predicted molar refractivity (Wildman–Crippen MR) is 111 cm³/mol. The summed E-state index contributed by atoms with van der Waals surface area (Å²) in [5, 5.41) is 4.54. The number of halogens is 1. The first-order chi connectivity index (χ1) is 13.6. The molecule has 1 fully saturated rings. The highest BCUT2D eigenvalue weighted by Gasteiger charge is 2.25. The molecule has 0 spiro atoms. The molecule has 0 atom stereocenters. The molecule has 7 heteroatoms. The lowest BCUT2D eigenvalue weighted by Gasteiger charge is -2.31. The van der Waals surface area contributed by atoms with Gasteiger partial charge >= 0.3 is 0 Å². The maximum absolute atomic E-state index is 12.8. The molecule has 1 aliphatic rings. The Morgan fingerprint density at radius 2 is 2.07 bits per heavy atom. The number of aromatic nitrogens is 1. The molecule has 28 heavy (non-hydrogen) atoms. The van der Waals surface area contributed by atoms with Crippen molar-refractivity contribution < 1.29 is 14.3 Å². The summed E-state index contributed by atoms with van der Waals surface area (Å²) in [5.74, 6) is 0.428. The minimum atomic E-state index is 0.00569. The molecule has 1 aliphatic heterocycles. The third kappa shape index (κ3) is 5.49. The molecule has 2 N–H and O–H groups in total. The Kier molecular flexibility index (Phi) is 7.34. The molecular formula is C21H28ClN3O3. The van der Waals surface area contributed by atoms with E-state index in [-0.39, 0.29) is 11.8 Å². The van der Waals surface area contributed by atoms with E-state index in [4.69, 9.17) is 16.3 Å². The number of piperidine rings is 1. The van der Waals surface area contributed by atoms with Crippen molar-refractivity contribution in [2.45, 2.75) is 32.6 Å². The number of ether oxygens (including phenoxy) is 1.